The van der Waals surface area contributed by atoms with Gasteiger partial charge in [0.05, 0.1) is 0 Å². The summed E-state index contributed by atoms with van der Waals surface area (Å²) in [5, 5.41) is 3.44. The second-order valence-corrected chi connectivity index (χ2v) is 5.44. The minimum absolute atomic E-state index is 0.801. The lowest BCUT2D eigenvalue weighted by Crippen LogP contribution is -2.01. The molecule has 2 aromatic rings. The van der Waals surface area contributed by atoms with E-state index in [-0.39, 0.29) is 0 Å². The van der Waals surface area contributed by atoms with E-state index >= 15 is 0 Å². The lowest BCUT2D eigenvalue weighted by Gasteiger charge is -2.10. The first-order valence-corrected chi connectivity index (χ1v) is 6.76. The Morgan fingerprint density at radius 2 is 1.72 bits per heavy atom. The number of aromatic nitrogens is 1. The lowest BCUT2D eigenvalue weighted by atomic mass is 10.1. The van der Waals surface area contributed by atoms with Gasteiger partial charge in [-0.05, 0) is 55.2 Å². The van der Waals surface area contributed by atoms with E-state index in [0.29, 0.717) is 0 Å². The molecule has 18 heavy (non-hydrogen) atoms. The zero-order valence-corrected chi connectivity index (χ0v) is 12.5. The Balaban J connectivity index is 2.11. The highest BCUT2D eigenvalue weighted by Gasteiger charge is 2.02. The first-order valence-electron chi connectivity index (χ1n) is 5.97. The van der Waals surface area contributed by atoms with Gasteiger partial charge in [-0.1, -0.05) is 22.0 Å². The van der Waals surface area contributed by atoms with E-state index in [2.05, 4.69) is 65.2 Å². The van der Waals surface area contributed by atoms with E-state index in [0.717, 1.165) is 12.2 Å². The van der Waals surface area contributed by atoms with Gasteiger partial charge in [0, 0.05) is 29.1 Å². The van der Waals surface area contributed by atoms with Gasteiger partial charge in [0.1, 0.15) is 0 Å². The summed E-state index contributed by atoms with van der Waals surface area (Å²) in [7, 11) is 0. The number of halogens is 1. The predicted octanol–water partition coefficient (Wildman–Crippen LogP) is 4.38. The average molecular weight is 305 g/mol. The molecular formula is C15H17BrN2. The monoisotopic (exact) mass is 304 g/mol. The number of aryl methyl sites for hydroxylation is 3. The first kappa shape index (κ1) is 13.1. The van der Waals surface area contributed by atoms with Crippen molar-refractivity contribution in [1.82, 2.24) is 4.98 Å². The van der Waals surface area contributed by atoms with Gasteiger partial charge in [-0.3, -0.25) is 4.98 Å². The third-order valence-electron chi connectivity index (χ3n) is 2.86. The molecule has 0 atom stereocenters. The van der Waals surface area contributed by atoms with Crippen LogP contribution in [0.25, 0.3) is 0 Å². The summed E-state index contributed by atoms with van der Waals surface area (Å²) in [6, 6.07) is 6.46. The largest absolute Gasteiger partial charge is 0.381 e. The minimum Gasteiger partial charge on any atom is -0.381 e. The highest BCUT2D eigenvalue weighted by Crippen LogP contribution is 2.25. The molecule has 94 valence electrons. The number of hydrogen-bond acceptors (Lipinski definition) is 2. The second kappa shape index (κ2) is 5.53. The van der Waals surface area contributed by atoms with Crippen molar-refractivity contribution in [2.24, 2.45) is 0 Å². The van der Waals surface area contributed by atoms with E-state index in [9.17, 15) is 0 Å². The Morgan fingerprint density at radius 3 is 2.33 bits per heavy atom. The molecule has 0 aliphatic heterocycles. The number of nitrogens with zero attached hydrogens (tertiary/aromatic N) is 1. The average Bonchev–Trinajstić information content (AvgIpc) is 2.33. The summed E-state index contributed by atoms with van der Waals surface area (Å²) < 4.78 is 1.19. The fourth-order valence-corrected chi connectivity index (χ4v) is 2.20. The Hall–Kier alpha value is -1.35. The molecule has 0 aliphatic rings. The van der Waals surface area contributed by atoms with Crippen LogP contribution in [-0.4, -0.2) is 4.98 Å². The quantitative estimate of drug-likeness (QED) is 0.910. The molecule has 0 spiro atoms. The van der Waals surface area contributed by atoms with E-state index in [1.54, 1.807) is 0 Å². The Morgan fingerprint density at radius 1 is 1.06 bits per heavy atom. The Bertz CT molecular complexity index is 541. The van der Waals surface area contributed by atoms with Gasteiger partial charge < -0.3 is 5.32 Å². The van der Waals surface area contributed by atoms with Crippen molar-refractivity contribution in [3.63, 3.8) is 0 Å². The smallest absolute Gasteiger partial charge is 0.0416 e. The molecule has 0 radical (unpaired) electrons. The molecular weight excluding hydrogens is 288 g/mol. The maximum atomic E-state index is 4.20. The first-order chi connectivity index (χ1) is 8.56. The van der Waals surface area contributed by atoms with Crippen LogP contribution in [0.15, 0.2) is 35.1 Å². The molecule has 0 unspecified atom stereocenters. The number of hydrogen-bond donors (Lipinski definition) is 1. The van der Waals surface area contributed by atoms with Gasteiger partial charge in [-0.2, -0.15) is 0 Å². The van der Waals surface area contributed by atoms with Crippen molar-refractivity contribution in [3.05, 3.63) is 57.3 Å². The molecule has 0 aliphatic carbocycles. The molecule has 0 saturated carbocycles. The van der Waals surface area contributed by atoms with Crippen LogP contribution in [0.3, 0.4) is 0 Å². The van der Waals surface area contributed by atoms with Gasteiger partial charge in [0.2, 0.25) is 0 Å². The minimum atomic E-state index is 0.801. The third kappa shape index (κ3) is 3.10. The summed E-state index contributed by atoms with van der Waals surface area (Å²) in [6.45, 7) is 7.08. The fraction of sp³-hybridized carbons (Fsp3) is 0.267. The van der Waals surface area contributed by atoms with E-state index in [1.807, 2.05) is 12.4 Å². The van der Waals surface area contributed by atoms with Crippen LogP contribution in [0.2, 0.25) is 0 Å². The number of benzene rings is 1. The lowest BCUT2D eigenvalue weighted by molar-refractivity contribution is 1.09. The Kier molecular flexibility index (Phi) is 4.02. The van der Waals surface area contributed by atoms with Gasteiger partial charge in [-0.15, -0.1) is 0 Å². The molecule has 1 aromatic carbocycles. The standard InChI is InChI=1S/C15H17BrN2/c1-10-4-13(8-17-7-10)9-18-14-5-11(2)15(16)12(3)6-14/h4-8,18H,9H2,1-3H3. The number of rotatable bonds is 3. The SMILES string of the molecule is Cc1cncc(CNc2cc(C)c(Br)c(C)c2)c1. The topological polar surface area (TPSA) is 24.9 Å². The van der Waals surface area contributed by atoms with E-state index in [4.69, 9.17) is 0 Å². The van der Waals surface area contributed by atoms with Gasteiger partial charge >= 0.3 is 0 Å². The molecule has 1 aromatic heterocycles. The summed E-state index contributed by atoms with van der Waals surface area (Å²) in [5.74, 6) is 0. The zero-order chi connectivity index (χ0) is 13.1. The fourth-order valence-electron chi connectivity index (χ4n) is 1.97. The molecule has 2 rings (SSSR count). The number of nitrogens with one attached hydrogen (secondary N) is 1. The van der Waals surface area contributed by atoms with Crippen LogP contribution in [0.1, 0.15) is 22.3 Å². The van der Waals surface area contributed by atoms with Gasteiger partial charge in [0.25, 0.3) is 0 Å². The van der Waals surface area contributed by atoms with Crippen molar-refractivity contribution in [1.29, 1.82) is 0 Å². The van der Waals surface area contributed by atoms with Gasteiger partial charge in [0.15, 0.2) is 0 Å². The van der Waals surface area contributed by atoms with Crippen LogP contribution in [0.5, 0.6) is 0 Å². The highest BCUT2D eigenvalue weighted by atomic mass is 79.9. The molecule has 0 amide bonds. The molecule has 3 heteroatoms. The number of pyridine rings is 1. The van der Waals surface area contributed by atoms with Crippen LogP contribution in [0.4, 0.5) is 5.69 Å². The van der Waals surface area contributed by atoms with Crippen LogP contribution >= 0.6 is 15.9 Å². The summed E-state index contributed by atoms with van der Waals surface area (Å²) in [6.07, 6.45) is 3.77. The molecule has 0 bridgehead atoms. The molecule has 1 N–H and O–H groups in total. The third-order valence-corrected chi connectivity index (χ3v) is 4.12. The Labute approximate surface area is 117 Å². The predicted molar refractivity (Wildman–Crippen MR) is 79.9 cm³/mol. The molecule has 0 saturated heterocycles. The summed E-state index contributed by atoms with van der Waals surface area (Å²) >= 11 is 3.58. The van der Waals surface area contributed by atoms with Crippen LogP contribution in [0, 0.1) is 20.8 Å². The second-order valence-electron chi connectivity index (χ2n) is 4.65. The van der Waals surface area contributed by atoms with Crippen molar-refractivity contribution >= 4 is 21.6 Å². The maximum Gasteiger partial charge on any atom is 0.0416 e. The zero-order valence-electron chi connectivity index (χ0n) is 10.9. The number of anilines is 1. The van der Waals surface area contributed by atoms with Crippen LogP contribution < -0.4 is 5.32 Å². The summed E-state index contributed by atoms with van der Waals surface area (Å²) in [5.41, 5.74) is 6.04. The van der Waals surface area contributed by atoms with Gasteiger partial charge in [-0.25, -0.2) is 0 Å². The normalized spacial score (nSPS) is 10.4. The molecule has 2 nitrogen and oxygen atoms in total. The van der Waals surface area contributed by atoms with Crippen molar-refractivity contribution < 1.29 is 0 Å². The van der Waals surface area contributed by atoms with Crippen molar-refractivity contribution in [2.45, 2.75) is 27.3 Å². The highest BCUT2D eigenvalue weighted by molar-refractivity contribution is 9.10. The maximum absolute atomic E-state index is 4.20. The van der Waals surface area contributed by atoms with Crippen molar-refractivity contribution in [2.75, 3.05) is 5.32 Å². The summed E-state index contributed by atoms with van der Waals surface area (Å²) in [4.78, 5) is 4.20. The van der Waals surface area contributed by atoms with Crippen molar-refractivity contribution in [3.8, 4) is 0 Å². The van der Waals surface area contributed by atoms with E-state index < -0.39 is 0 Å². The molecule has 0 fully saturated rings. The molecule has 1 heterocycles. The van der Waals surface area contributed by atoms with Crippen LogP contribution in [-0.2, 0) is 6.54 Å². The van der Waals surface area contributed by atoms with E-state index in [1.165, 1.54) is 26.7 Å².